The minimum absolute atomic E-state index is 0.0147. The average molecular weight is 1040 g/mol. The molecule has 3 atom stereocenters. The normalized spacial score (nSPS) is 14.7. The Morgan fingerprint density at radius 3 is 1.34 bits per heavy atom. The van der Waals surface area contributed by atoms with Crippen molar-refractivity contribution in [3.05, 3.63) is 122 Å². The van der Waals surface area contributed by atoms with Crippen LogP contribution >= 0.6 is 7.82 Å². The number of ether oxygens (including phenoxy) is 1. The van der Waals surface area contributed by atoms with Crippen molar-refractivity contribution < 1.29 is 37.3 Å². The molecule has 2 N–H and O–H groups in total. The van der Waals surface area contributed by atoms with Crippen LogP contribution < -0.4 is 5.32 Å². The van der Waals surface area contributed by atoms with Gasteiger partial charge in [-0.05, 0) is 109 Å². The third kappa shape index (κ3) is 53.1. The highest BCUT2D eigenvalue weighted by molar-refractivity contribution is 7.47. The van der Waals surface area contributed by atoms with E-state index in [2.05, 4.69) is 135 Å². The van der Waals surface area contributed by atoms with Gasteiger partial charge in [-0.15, -0.1) is 0 Å². The van der Waals surface area contributed by atoms with E-state index < -0.39 is 25.9 Å². The number of phosphoric ester groups is 1. The number of hydrogen-bond donors (Lipinski definition) is 2. The summed E-state index contributed by atoms with van der Waals surface area (Å²) in [6.45, 7) is 6.76. The number of allylic oxidation sites excluding steroid dienone is 19. The molecule has 0 heterocycles. The summed E-state index contributed by atoms with van der Waals surface area (Å²) in [6.07, 6.45) is 72.1. The Bertz CT molecular complexity index is 1660. The van der Waals surface area contributed by atoms with Gasteiger partial charge in [0.1, 0.15) is 19.3 Å². The number of esters is 1. The van der Waals surface area contributed by atoms with Crippen LogP contribution in [0.4, 0.5) is 0 Å². The molecule has 0 aromatic carbocycles. The van der Waals surface area contributed by atoms with Gasteiger partial charge in [0.15, 0.2) is 0 Å². The van der Waals surface area contributed by atoms with Crippen LogP contribution in [0.3, 0.4) is 0 Å². The molecule has 0 aromatic rings. The molecule has 0 bridgehead atoms. The molecule has 0 aromatic heterocycles. The first-order valence-corrected chi connectivity index (χ1v) is 30.4. The van der Waals surface area contributed by atoms with Gasteiger partial charge in [0.2, 0.25) is 5.91 Å². The number of likely N-dealkylation sites (N-methyl/N-ethyl adjacent to an activating group) is 1. The number of carbonyl (C=O) groups is 2. The van der Waals surface area contributed by atoms with Crippen LogP contribution in [0, 0.1) is 0 Å². The lowest BCUT2D eigenvalue weighted by Gasteiger charge is -2.27. The van der Waals surface area contributed by atoms with Crippen molar-refractivity contribution in [2.75, 3.05) is 40.9 Å². The fraction of sp³-hybridized carbons (Fsp3) is 0.651. The molecule has 416 valence electrons. The number of amides is 1. The topological polar surface area (TPSA) is 111 Å². The van der Waals surface area contributed by atoms with Crippen molar-refractivity contribution in [1.29, 1.82) is 0 Å². The van der Waals surface area contributed by atoms with E-state index in [1.165, 1.54) is 83.5 Å². The summed E-state index contributed by atoms with van der Waals surface area (Å²) in [7, 11) is 1.41. The maximum atomic E-state index is 13.5. The Hall–Kier alpha value is -3.59. The molecule has 0 saturated heterocycles. The van der Waals surface area contributed by atoms with Crippen molar-refractivity contribution >= 4 is 19.7 Å². The highest BCUT2D eigenvalue weighted by Crippen LogP contribution is 2.43. The predicted molar refractivity (Wildman–Crippen MR) is 313 cm³/mol. The maximum Gasteiger partial charge on any atom is 0.472 e. The summed E-state index contributed by atoms with van der Waals surface area (Å²) >= 11 is 0. The summed E-state index contributed by atoms with van der Waals surface area (Å²) in [6, 6.07) is -0.908. The first-order valence-electron chi connectivity index (χ1n) is 28.9. The molecule has 0 aliphatic carbocycles. The van der Waals surface area contributed by atoms with Crippen molar-refractivity contribution in [2.24, 2.45) is 0 Å². The second-order valence-electron chi connectivity index (χ2n) is 20.1. The van der Waals surface area contributed by atoms with Crippen LogP contribution in [0.2, 0.25) is 0 Å². The first-order chi connectivity index (χ1) is 35.4. The van der Waals surface area contributed by atoms with Gasteiger partial charge in [0.05, 0.1) is 33.8 Å². The molecule has 0 fully saturated rings. The highest BCUT2D eigenvalue weighted by Gasteiger charge is 2.30. The Morgan fingerprint density at radius 2 is 0.877 bits per heavy atom. The number of unbranched alkanes of at least 4 members (excludes halogenated alkanes) is 16. The van der Waals surface area contributed by atoms with Crippen molar-refractivity contribution in [3.8, 4) is 0 Å². The van der Waals surface area contributed by atoms with E-state index in [1.807, 2.05) is 33.3 Å². The van der Waals surface area contributed by atoms with Gasteiger partial charge in [-0.25, -0.2) is 4.57 Å². The standard InChI is InChI=1S/C63H107N2O7P/c1-7-10-13-16-19-22-25-28-30-32-34-37-40-43-46-49-52-55-62(66)64-60(59-71-73(68,69)70-58-57-65(4,5)6)61(54-51-48-45-42-39-36-27-24-21-18-15-12-9-3)72-63(67)56-53-50-47-44-41-38-35-33-31-29-26-23-20-17-14-11-8-2/h10,13,19-20,22-23,28-31,34-35,37-38,43-44,46-47,51,54,60-61H,7-9,11-12,14-18,21,24-27,32-33,36,39-42,45,48-50,52-53,55-59H2,1-6H3,(H-,64,66,68,69)/p+1/b13-10-,22-19-,23-20-,30-28-,31-29-,37-34-,38-35-,46-43-,47-44-,54-51+. The molecule has 0 rings (SSSR count). The van der Waals surface area contributed by atoms with Gasteiger partial charge in [0, 0.05) is 12.8 Å². The fourth-order valence-electron chi connectivity index (χ4n) is 7.44. The molecule has 0 spiro atoms. The lowest BCUT2D eigenvalue weighted by atomic mass is 10.0. The molecular weight excluding hydrogens is 928 g/mol. The Morgan fingerprint density at radius 1 is 0.493 bits per heavy atom. The largest absolute Gasteiger partial charge is 0.472 e. The average Bonchev–Trinajstić information content (AvgIpc) is 3.35. The lowest BCUT2D eigenvalue weighted by Crippen LogP contribution is -2.47. The van der Waals surface area contributed by atoms with Crippen LogP contribution in [0.1, 0.15) is 213 Å². The van der Waals surface area contributed by atoms with E-state index in [-0.39, 0.29) is 32.0 Å². The summed E-state index contributed by atoms with van der Waals surface area (Å²) in [5, 5.41) is 3.00. The molecule has 1 amide bonds. The van der Waals surface area contributed by atoms with Gasteiger partial charge in [0.25, 0.3) is 0 Å². The molecule has 0 saturated carbocycles. The van der Waals surface area contributed by atoms with Gasteiger partial charge in [-0.1, -0.05) is 213 Å². The predicted octanol–water partition coefficient (Wildman–Crippen LogP) is 17.5. The molecule has 10 heteroatoms. The zero-order valence-corrected chi connectivity index (χ0v) is 48.2. The molecule has 73 heavy (non-hydrogen) atoms. The van der Waals surface area contributed by atoms with Gasteiger partial charge >= 0.3 is 13.8 Å². The molecule has 0 aliphatic heterocycles. The van der Waals surface area contributed by atoms with Gasteiger partial charge in [-0.2, -0.15) is 0 Å². The zero-order valence-electron chi connectivity index (χ0n) is 47.3. The number of phosphoric acid groups is 1. The number of nitrogens with one attached hydrogen (secondary N) is 1. The SMILES string of the molecule is CC/C=C\C/C=C\C/C=C\C/C=C\C/C=C\CCCC(=O)NC(COP(=O)(O)OCC[N+](C)(C)C)C(/C=C/CCCCCCCCCCCCC)OC(=O)CCC/C=C\C/C=C\C/C=C\C/C=C\CCCCC. The fourth-order valence-corrected chi connectivity index (χ4v) is 8.17. The molecular formula is C63H108N2O7P+. The van der Waals surface area contributed by atoms with Crippen molar-refractivity contribution in [3.63, 3.8) is 0 Å². The van der Waals surface area contributed by atoms with Gasteiger partial charge < -0.3 is 19.4 Å². The second kappa shape index (κ2) is 51.9. The van der Waals surface area contributed by atoms with Gasteiger partial charge in [-0.3, -0.25) is 18.6 Å². The third-order valence-corrected chi connectivity index (χ3v) is 12.9. The van der Waals surface area contributed by atoms with Crippen molar-refractivity contribution in [2.45, 2.75) is 226 Å². The van der Waals surface area contributed by atoms with E-state index in [9.17, 15) is 19.0 Å². The number of quaternary nitrogens is 1. The van der Waals surface area contributed by atoms with E-state index in [4.69, 9.17) is 13.8 Å². The Labute approximate surface area is 448 Å². The van der Waals surface area contributed by atoms with E-state index in [1.54, 1.807) is 0 Å². The van der Waals surface area contributed by atoms with Crippen LogP contribution in [-0.2, 0) is 27.9 Å². The van der Waals surface area contributed by atoms with E-state index in [0.29, 0.717) is 23.9 Å². The summed E-state index contributed by atoms with van der Waals surface area (Å²) in [4.78, 5) is 37.6. The monoisotopic (exact) mass is 1040 g/mol. The smallest absolute Gasteiger partial charge is 0.456 e. The quantitative estimate of drug-likeness (QED) is 0.0205. The van der Waals surface area contributed by atoms with Crippen LogP contribution in [0.25, 0.3) is 0 Å². The summed E-state index contributed by atoms with van der Waals surface area (Å²) in [5.74, 6) is -0.649. The number of carbonyl (C=O) groups excluding carboxylic acids is 2. The first kappa shape index (κ1) is 69.4. The number of nitrogens with zero attached hydrogens (tertiary/aromatic N) is 1. The minimum atomic E-state index is -4.48. The molecule has 3 unspecified atom stereocenters. The summed E-state index contributed by atoms with van der Waals surface area (Å²) in [5.41, 5.74) is 0. The maximum absolute atomic E-state index is 13.5. The number of hydrogen-bond acceptors (Lipinski definition) is 6. The Kier molecular flexibility index (Phi) is 49.3. The minimum Gasteiger partial charge on any atom is -0.456 e. The molecule has 0 radical (unpaired) electrons. The lowest BCUT2D eigenvalue weighted by molar-refractivity contribution is -0.870. The Balaban J connectivity index is 5.57. The second-order valence-corrected chi connectivity index (χ2v) is 21.5. The summed E-state index contributed by atoms with van der Waals surface area (Å²) < 4.78 is 30.5. The van der Waals surface area contributed by atoms with E-state index in [0.717, 1.165) is 83.5 Å². The molecule has 0 aliphatic rings. The molecule has 9 nitrogen and oxygen atoms in total. The van der Waals surface area contributed by atoms with Crippen LogP contribution in [0.5, 0.6) is 0 Å². The number of rotatable bonds is 50. The van der Waals surface area contributed by atoms with Crippen molar-refractivity contribution in [1.82, 2.24) is 5.32 Å². The third-order valence-electron chi connectivity index (χ3n) is 11.9. The van der Waals surface area contributed by atoms with E-state index >= 15 is 0 Å². The van der Waals surface area contributed by atoms with Crippen LogP contribution in [-0.4, -0.2) is 74.3 Å². The highest BCUT2D eigenvalue weighted by atomic mass is 31.2. The van der Waals surface area contributed by atoms with Crippen LogP contribution in [0.15, 0.2) is 122 Å². The zero-order chi connectivity index (χ0) is 53.6.